The third-order valence-electron chi connectivity index (χ3n) is 4.56. The van der Waals surface area contributed by atoms with Gasteiger partial charge in [0.2, 0.25) is 0 Å². The highest BCUT2D eigenvalue weighted by Gasteiger charge is 2.15. The fourth-order valence-corrected chi connectivity index (χ4v) is 3.19. The molecule has 0 spiro atoms. The van der Waals surface area contributed by atoms with E-state index in [9.17, 15) is 0 Å². The number of allylic oxidation sites excluding steroid dienone is 6. The first-order chi connectivity index (χ1) is 11.8. The van der Waals surface area contributed by atoms with E-state index in [-0.39, 0.29) is 0 Å². The van der Waals surface area contributed by atoms with Crippen LogP contribution in [0.25, 0.3) is 0 Å². The molecule has 0 radical (unpaired) electrons. The van der Waals surface area contributed by atoms with Gasteiger partial charge in [0.25, 0.3) is 0 Å². The van der Waals surface area contributed by atoms with E-state index in [1.807, 2.05) is 12.2 Å². The van der Waals surface area contributed by atoms with Crippen molar-refractivity contribution in [3.05, 3.63) is 96.7 Å². The molecule has 2 unspecified atom stereocenters. The molecule has 0 aliphatic heterocycles. The van der Waals surface area contributed by atoms with Crippen molar-refractivity contribution in [1.82, 2.24) is 5.32 Å². The van der Waals surface area contributed by atoms with E-state index in [4.69, 9.17) is 0 Å². The minimum absolute atomic E-state index is 0.345. The average molecular weight is 319 g/mol. The normalized spacial score (nSPS) is 17.0. The van der Waals surface area contributed by atoms with E-state index in [0.29, 0.717) is 12.0 Å². The number of nitrogens with one attached hydrogen (secondary N) is 1. The molecule has 2 atom stereocenters. The van der Waals surface area contributed by atoms with Crippen LogP contribution >= 0.6 is 0 Å². The van der Waals surface area contributed by atoms with Crippen LogP contribution in [-0.2, 0) is 0 Å². The maximum atomic E-state index is 3.99. The first kappa shape index (κ1) is 18.2. The van der Waals surface area contributed by atoms with Crippen molar-refractivity contribution in [2.45, 2.75) is 38.1 Å². The zero-order chi connectivity index (χ0) is 17.2. The standard InChI is InChI=1S/C23H29N/c1-4-12-20(5-2)23(22-15-10-7-11-16-22)17-18-24-19(3)21-13-8-6-9-14-21/h4-5,7-8,10-16,19,23-24H,1-2,6,9,17-18H2,3H3/b20-12+. The molecule has 0 heterocycles. The van der Waals surface area contributed by atoms with Crippen molar-refractivity contribution in [2.75, 3.05) is 6.54 Å². The van der Waals surface area contributed by atoms with Gasteiger partial charge in [-0.3, -0.25) is 0 Å². The summed E-state index contributed by atoms with van der Waals surface area (Å²) in [5.74, 6) is 0.345. The topological polar surface area (TPSA) is 12.0 Å². The van der Waals surface area contributed by atoms with Crippen LogP contribution in [0.1, 0.15) is 37.7 Å². The lowest BCUT2D eigenvalue weighted by Gasteiger charge is -2.22. The van der Waals surface area contributed by atoms with Gasteiger partial charge in [-0.1, -0.05) is 79.9 Å². The van der Waals surface area contributed by atoms with Gasteiger partial charge in [-0.2, -0.15) is 0 Å². The molecule has 1 aromatic carbocycles. The first-order valence-corrected chi connectivity index (χ1v) is 8.86. The van der Waals surface area contributed by atoms with Crippen molar-refractivity contribution in [1.29, 1.82) is 0 Å². The summed E-state index contributed by atoms with van der Waals surface area (Å²) in [6.45, 7) is 11.0. The molecular formula is C23H29N. The van der Waals surface area contributed by atoms with Gasteiger partial charge in [0.05, 0.1) is 0 Å². The molecule has 1 N–H and O–H groups in total. The summed E-state index contributed by atoms with van der Waals surface area (Å²) < 4.78 is 0. The third-order valence-corrected chi connectivity index (χ3v) is 4.56. The lowest BCUT2D eigenvalue weighted by Crippen LogP contribution is -2.29. The van der Waals surface area contributed by atoms with E-state index in [2.05, 4.69) is 80.0 Å². The highest BCUT2D eigenvalue weighted by atomic mass is 14.9. The van der Waals surface area contributed by atoms with Gasteiger partial charge < -0.3 is 5.32 Å². The van der Waals surface area contributed by atoms with Crippen LogP contribution < -0.4 is 5.32 Å². The van der Waals surface area contributed by atoms with Gasteiger partial charge in [0, 0.05) is 12.0 Å². The lowest BCUT2D eigenvalue weighted by atomic mass is 9.87. The quantitative estimate of drug-likeness (QED) is 0.575. The minimum Gasteiger partial charge on any atom is -0.310 e. The van der Waals surface area contributed by atoms with E-state index in [1.54, 1.807) is 0 Å². The molecular weight excluding hydrogens is 290 g/mol. The monoisotopic (exact) mass is 319 g/mol. The largest absolute Gasteiger partial charge is 0.310 e. The van der Waals surface area contributed by atoms with Gasteiger partial charge in [-0.15, -0.1) is 0 Å². The Hall–Kier alpha value is -2.12. The molecule has 1 nitrogen and oxygen atoms in total. The van der Waals surface area contributed by atoms with E-state index < -0.39 is 0 Å². The van der Waals surface area contributed by atoms with Crippen LogP contribution in [0.3, 0.4) is 0 Å². The molecule has 0 bridgehead atoms. The Labute approximate surface area is 147 Å². The molecule has 0 amide bonds. The summed E-state index contributed by atoms with van der Waals surface area (Å²) in [5, 5.41) is 3.67. The van der Waals surface area contributed by atoms with E-state index in [0.717, 1.165) is 19.4 Å². The minimum atomic E-state index is 0.345. The van der Waals surface area contributed by atoms with Gasteiger partial charge in [0.1, 0.15) is 0 Å². The Bertz CT molecular complexity index is 619. The SMILES string of the molecule is C=C/C=C(\C=C)C(CCNC(C)C1=CCCC=C1)c1ccccc1. The molecule has 2 rings (SSSR count). The number of benzene rings is 1. The van der Waals surface area contributed by atoms with Crippen LogP contribution in [0.2, 0.25) is 0 Å². The molecule has 1 aliphatic carbocycles. The van der Waals surface area contributed by atoms with Gasteiger partial charge in [-0.25, -0.2) is 0 Å². The molecule has 0 aromatic heterocycles. The summed E-state index contributed by atoms with van der Waals surface area (Å²) in [6.07, 6.45) is 16.1. The number of hydrogen-bond donors (Lipinski definition) is 1. The van der Waals surface area contributed by atoms with Crippen molar-refractivity contribution >= 4 is 0 Å². The Balaban J connectivity index is 2.02. The third kappa shape index (κ3) is 5.21. The second kappa shape index (κ2) is 9.89. The van der Waals surface area contributed by atoms with Crippen LogP contribution in [0, 0.1) is 0 Å². The maximum absolute atomic E-state index is 3.99. The number of rotatable bonds is 9. The van der Waals surface area contributed by atoms with Gasteiger partial charge in [-0.05, 0) is 49.4 Å². The Morgan fingerprint density at radius 1 is 1.21 bits per heavy atom. The summed E-state index contributed by atoms with van der Waals surface area (Å²) >= 11 is 0. The molecule has 1 heteroatoms. The zero-order valence-electron chi connectivity index (χ0n) is 14.7. The Kier molecular flexibility index (Phi) is 7.51. The molecule has 1 aromatic rings. The van der Waals surface area contributed by atoms with Crippen molar-refractivity contribution in [3.63, 3.8) is 0 Å². The van der Waals surface area contributed by atoms with Crippen LogP contribution in [-0.4, -0.2) is 12.6 Å². The predicted octanol–water partition coefficient (Wildman–Crippen LogP) is 5.71. The smallest absolute Gasteiger partial charge is 0.0288 e. The summed E-state index contributed by atoms with van der Waals surface area (Å²) in [7, 11) is 0. The highest BCUT2D eigenvalue weighted by Crippen LogP contribution is 2.28. The van der Waals surface area contributed by atoms with Crippen molar-refractivity contribution in [3.8, 4) is 0 Å². The molecule has 0 saturated carbocycles. The first-order valence-electron chi connectivity index (χ1n) is 8.86. The second-order valence-electron chi connectivity index (χ2n) is 6.22. The van der Waals surface area contributed by atoms with E-state index >= 15 is 0 Å². The van der Waals surface area contributed by atoms with E-state index in [1.165, 1.54) is 23.1 Å². The molecule has 126 valence electrons. The fourth-order valence-electron chi connectivity index (χ4n) is 3.19. The van der Waals surface area contributed by atoms with Crippen LogP contribution in [0.15, 0.2) is 91.1 Å². The van der Waals surface area contributed by atoms with Crippen molar-refractivity contribution in [2.24, 2.45) is 0 Å². The zero-order valence-corrected chi connectivity index (χ0v) is 14.7. The second-order valence-corrected chi connectivity index (χ2v) is 6.22. The predicted molar refractivity (Wildman–Crippen MR) is 106 cm³/mol. The van der Waals surface area contributed by atoms with Gasteiger partial charge in [0.15, 0.2) is 0 Å². The molecule has 0 fully saturated rings. The summed E-state index contributed by atoms with van der Waals surface area (Å²) in [6, 6.07) is 11.1. The molecule has 0 saturated heterocycles. The van der Waals surface area contributed by atoms with Crippen LogP contribution in [0.4, 0.5) is 0 Å². The molecule has 1 aliphatic rings. The lowest BCUT2D eigenvalue weighted by molar-refractivity contribution is 0.567. The number of hydrogen-bond acceptors (Lipinski definition) is 1. The fraction of sp³-hybridized carbons (Fsp3) is 0.304. The van der Waals surface area contributed by atoms with Crippen molar-refractivity contribution < 1.29 is 0 Å². The Morgan fingerprint density at radius 3 is 2.62 bits per heavy atom. The average Bonchev–Trinajstić information content (AvgIpc) is 2.65. The summed E-state index contributed by atoms with van der Waals surface area (Å²) in [5.41, 5.74) is 3.96. The maximum Gasteiger partial charge on any atom is 0.0288 e. The highest BCUT2D eigenvalue weighted by molar-refractivity contribution is 5.36. The Morgan fingerprint density at radius 2 is 2.00 bits per heavy atom. The molecule has 24 heavy (non-hydrogen) atoms. The van der Waals surface area contributed by atoms with Crippen LogP contribution in [0.5, 0.6) is 0 Å². The summed E-state index contributed by atoms with van der Waals surface area (Å²) in [4.78, 5) is 0. The van der Waals surface area contributed by atoms with Gasteiger partial charge >= 0.3 is 0 Å².